The van der Waals surface area contributed by atoms with Crippen molar-refractivity contribution >= 4 is 0 Å². The average Bonchev–Trinajstić information content (AvgIpc) is 1.94. The molecule has 0 rings (SSSR count). The zero-order chi connectivity index (χ0) is 12.3. The SMILES string of the molecule is CCC(CC(C)(C)C)[C](C)CC(C)(C)C. The summed E-state index contributed by atoms with van der Waals surface area (Å²) in [5.74, 6) is 2.50. The maximum Gasteiger partial charge on any atom is -0.0236 e. The highest BCUT2D eigenvalue weighted by Gasteiger charge is 2.25. The minimum absolute atomic E-state index is 0.440. The summed E-state index contributed by atoms with van der Waals surface area (Å²) in [6, 6.07) is 0. The Hall–Kier alpha value is 0. The third-order valence-corrected chi connectivity index (χ3v) is 2.86. The Morgan fingerprint density at radius 1 is 0.933 bits per heavy atom. The van der Waals surface area contributed by atoms with Crippen molar-refractivity contribution in [2.24, 2.45) is 16.7 Å². The summed E-state index contributed by atoms with van der Waals surface area (Å²) in [7, 11) is 0. The predicted octanol–water partition coefficient (Wildman–Crippen LogP) is 5.48. The van der Waals surface area contributed by atoms with E-state index in [-0.39, 0.29) is 0 Å². The smallest absolute Gasteiger partial charge is 0.0236 e. The molecule has 0 aliphatic carbocycles. The average molecular weight is 211 g/mol. The fourth-order valence-corrected chi connectivity index (χ4v) is 2.39. The van der Waals surface area contributed by atoms with Crippen LogP contribution in [0.25, 0.3) is 0 Å². The standard InChI is InChI=1S/C15H31/c1-9-13(11-15(6,7)8)12(2)10-14(3,4)5/h13H,9-11H2,1-8H3. The topological polar surface area (TPSA) is 0 Å². The molecule has 0 heteroatoms. The molecule has 0 bridgehead atoms. The quantitative estimate of drug-likeness (QED) is 0.577. The van der Waals surface area contributed by atoms with Gasteiger partial charge in [0.05, 0.1) is 0 Å². The molecular formula is C15H31. The molecule has 0 aromatic heterocycles. The van der Waals surface area contributed by atoms with Gasteiger partial charge < -0.3 is 0 Å². The molecule has 1 unspecified atom stereocenters. The Kier molecular flexibility index (Phi) is 5.37. The second-order valence-corrected chi connectivity index (χ2v) is 7.45. The molecule has 0 fully saturated rings. The monoisotopic (exact) mass is 211 g/mol. The van der Waals surface area contributed by atoms with E-state index < -0.39 is 0 Å². The van der Waals surface area contributed by atoms with Crippen molar-refractivity contribution in [1.29, 1.82) is 0 Å². The Bertz CT molecular complexity index is 165. The van der Waals surface area contributed by atoms with E-state index in [1.165, 1.54) is 19.3 Å². The largest absolute Gasteiger partial charge is 0.0651 e. The van der Waals surface area contributed by atoms with Gasteiger partial charge in [-0.1, -0.05) is 61.8 Å². The van der Waals surface area contributed by atoms with Gasteiger partial charge in [-0.25, -0.2) is 0 Å². The highest BCUT2D eigenvalue weighted by Crippen LogP contribution is 2.37. The molecule has 1 atom stereocenters. The molecule has 0 aliphatic heterocycles. The first-order valence-electron chi connectivity index (χ1n) is 6.37. The lowest BCUT2D eigenvalue weighted by molar-refractivity contribution is 0.266. The van der Waals surface area contributed by atoms with Crippen LogP contribution >= 0.6 is 0 Å². The third kappa shape index (κ3) is 7.88. The fraction of sp³-hybridized carbons (Fsp3) is 0.933. The van der Waals surface area contributed by atoms with E-state index in [0.29, 0.717) is 10.8 Å². The number of hydrogen-bond donors (Lipinski definition) is 0. The molecule has 0 nitrogen and oxygen atoms in total. The maximum atomic E-state index is 2.35. The van der Waals surface area contributed by atoms with Gasteiger partial charge in [-0.15, -0.1) is 0 Å². The lowest BCUT2D eigenvalue weighted by atomic mass is 9.73. The van der Waals surface area contributed by atoms with Crippen LogP contribution in [0.4, 0.5) is 0 Å². The van der Waals surface area contributed by atoms with Gasteiger partial charge in [-0.05, 0) is 35.5 Å². The molecule has 91 valence electrons. The van der Waals surface area contributed by atoms with Crippen LogP contribution in [0, 0.1) is 22.7 Å². The Morgan fingerprint density at radius 2 is 1.40 bits per heavy atom. The van der Waals surface area contributed by atoms with Crippen molar-refractivity contribution in [3.05, 3.63) is 5.92 Å². The van der Waals surface area contributed by atoms with Gasteiger partial charge in [0.2, 0.25) is 0 Å². The second-order valence-electron chi connectivity index (χ2n) is 7.45. The lowest BCUT2D eigenvalue weighted by Crippen LogP contribution is -2.21. The van der Waals surface area contributed by atoms with Gasteiger partial charge in [-0.3, -0.25) is 0 Å². The molecule has 0 spiro atoms. The molecule has 0 aliphatic rings. The van der Waals surface area contributed by atoms with Gasteiger partial charge in [0.1, 0.15) is 0 Å². The lowest BCUT2D eigenvalue weighted by Gasteiger charge is -2.33. The number of hydrogen-bond acceptors (Lipinski definition) is 0. The first-order chi connectivity index (χ1) is 6.55. The van der Waals surface area contributed by atoms with Gasteiger partial charge in [0.25, 0.3) is 0 Å². The minimum Gasteiger partial charge on any atom is -0.0651 e. The normalized spacial score (nSPS) is 15.8. The van der Waals surface area contributed by atoms with Crippen LogP contribution in [0.2, 0.25) is 0 Å². The summed E-state index contributed by atoms with van der Waals surface area (Å²) in [6.45, 7) is 18.7. The van der Waals surface area contributed by atoms with E-state index in [1.807, 2.05) is 0 Å². The molecule has 15 heavy (non-hydrogen) atoms. The summed E-state index contributed by atoms with van der Waals surface area (Å²) < 4.78 is 0. The summed E-state index contributed by atoms with van der Waals surface area (Å²) in [5.41, 5.74) is 0.898. The predicted molar refractivity (Wildman–Crippen MR) is 70.8 cm³/mol. The fourth-order valence-electron chi connectivity index (χ4n) is 2.39. The van der Waals surface area contributed by atoms with E-state index in [1.54, 1.807) is 5.92 Å². The van der Waals surface area contributed by atoms with E-state index >= 15 is 0 Å². The zero-order valence-corrected chi connectivity index (χ0v) is 12.2. The second kappa shape index (κ2) is 5.37. The van der Waals surface area contributed by atoms with Gasteiger partial charge in [0, 0.05) is 0 Å². The van der Waals surface area contributed by atoms with Crippen LogP contribution in [0.5, 0.6) is 0 Å². The molecule has 0 aromatic carbocycles. The van der Waals surface area contributed by atoms with Crippen LogP contribution in [0.1, 0.15) is 74.7 Å². The molecule has 0 amide bonds. The number of rotatable bonds is 4. The molecule has 0 heterocycles. The van der Waals surface area contributed by atoms with E-state index in [2.05, 4.69) is 55.4 Å². The highest BCUT2D eigenvalue weighted by atomic mass is 14.3. The van der Waals surface area contributed by atoms with Crippen LogP contribution in [-0.2, 0) is 0 Å². The molecule has 0 N–H and O–H groups in total. The van der Waals surface area contributed by atoms with Crippen molar-refractivity contribution in [1.82, 2.24) is 0 Å². The van der Waals surface area contributed by atoms with Crippen LogP contribution in [0.3, 0.4) is 0 Å². The zero-order valence-electron chi connectivity index (χ0n) is 12.2. The molecule has 1 radical (unpaired) electrons. The van der Waals surface area contributed by atoms with Crippen LogP contribution in [0.15, 0.2) is 0 Å². The summed E-state index contributed by atoms with van der Waals surface area (Å²) in [6.07, 6.45) is 3.88. The van der Waals surface area contributed by atoms with Crippen molar-refractivity contribution in [3.8, 4) is 0 Å². The first kappa shape index (κ1) is 15.0. The molecule has 0 saturated carbocycles. The summed E-state index contributed by atoms with van der Waals surface area (Å²) in [5, 5.41) is 0. The van der Waals surface area contributed by atoms with Crippen LogP contribution < -0.4 is 0 Å². The van der Waals surface area contributed by atoms with Crippen molar-refractivity contribution in [2.75, 3.05) is 0 Å². The Balaban J connectivity index is 4.29. The van der Waals surface area contributed by atoms with E-state index in [9.17, 15) is 0 Å². The van der Waals surface area contributed by atoms with Gasteiger partial charge in [0.15, 0.2) is 0 Å². The summed E-state index contributed by atoms with van der Waals surface area (Å²) in [4.78, 5) is 0. The van der Waals surface area contributed by atoms with E-state index in [0.717, 1.165) is 5.92 Å². The van der Waals surface area contributed by atoms with E-state index in [4.69, 9.17) is 0 Å². The molecular weight excluding hydrogens is 180 g/mol. The Labute approximate surface area is 97.8 Å². The van der Waals surface area contributed by atoms with Crippen LogP contribution in [-0.4, -0.2) is 0 Å². The van der Waals surface area contributed by atoms with Crippen molar-refractivity contribution < 1.29 is 0 Å². The van der Waals surface area contributed by atoms with Gasteiger partial charge >= 0.3 is 0 Å². The first-order valence-corrected chi connectivity index (χ1v) is 6.37. The van der Waals surface area contributed by atoms with Crippen molar-refractivity contribution in [3.63, 3.8) is 0 Å². The minimum atomic E-state index is 0.440. The molecule has 0 aromatic rings. The molecule has 0 saturated heterocycles. The third-order valence-electron chi connectivity index (χ3n) is 2.86. The highest BCUT2D eigenvalue weighted by molar-refractivity contribution is 4.96. The van der Waals surface area contributed by atoms with Crippen molar-refractivity contribution in [2.45, 2.75) is 74.7 Å². The maximum absolute atomic E-state index is 2.35. The summed E-state index contributed by atoms with van der Waals surface area (Å²) >= 11 is 0. The van der Waals surface area contributed by atoms with Gasteiger partial charge in [-0.2, -0.15) is 0 Å². The Morgan fingerprint density at radius 3 is 1.67 bits per heavy atom.